The third-order valence-corrected chi connectivity index (χ3v) is 2.96. The average Bonchev–Trinajstić information content (AvgIpc) is 2.76. The molecule has 1 aliphatic heterocycles. The van der Waals surface area contributed by atoms with Gasteiger partial charge in [0.25, 0.3) is 0 Å². The maximum absolute atomic E-state index is 11.8. The molecule has 0 spiro atoms. The molecule has 90 valence electrons. The Morgan fingerprint density at radius 3 is 3.06 bits per heavy atom. The van der Waals surface area contributed by atoms with E-state index in [9.17, 15) is 4.79 Å². The largest absolute Gasteiger partial charge is 0.377 e. The summed E-state index contributed by atoms with van der Waals surface area (Å²) in [5.41, 5.74) is 0. The number of hydrogen-bond donors (Lipinski definition) is 1. The van der Waals surface area contributed by atoms with Gasteiger partial charge in [0.1, 0.15) is 0 Å². The van der Waals surface area contributed by atoms with E-state index in [0.717, 1.165) is 25.7 Å². The average molecular weight is 224 g/mol. The molecule has 0 saturated carbocycles. The van der Waals surface area contributed by atoms with Crippen molar-refractivity contribution < 1.29 is 9.53 Å². The maximum atomic E-state index is 11.8. The molecule has 0 aromatic rings. The zero-order valence-electron chi connectivity index (χ0n) is 9.87. The van der Waals surface area contributed by atoms with Crippen LogP contribution in [0.4, 0.5) is 0 Å². The van der Waals surface area contributed by atoms with Crippen LogP contribution in [0.25, 0.3) is 0 Å². The van der Waals surface area contributed by atoms with Gasteiger partial charge in [-0.2, -0.15) is 5.26 Å². The molecular weight excluding hydrogens is 204 g/mol. The Balaban J connectivity index is 2.17. The number of hydrogen-bond acceptors (Lipinski definition) is 3. The summed E-state index contributed by atoms with van der Waals surface area (Å²) < 4.78 is 5.48. The van der Waals surface area contributed by atoms with Gasteiger partial charge in [0.05, 0.1) is 18.1 Å². The number of carbonyl (C=O) groups excluding carboxylic acids is 1. The normalized spacial score (nSPS) is 24.0. The third kappa shape index (κ3) is 3.82. The monoisotopic (exact) mass is 224 g/mol. The summed E-state index contributed by atoms with van der Waals surface area (Å²) >= 11 is 0. The Kier molecular flexibility index (Phi) is 5.87. The van der Waals surface area contributed by atoms with Crippen LogP contribution in [0, 0.1) is 17.2 Å². The van der Waals surface area contributed by atoms with Gasteiger partial charge < -0.3 is 10.1 Å². The molecule has 1 rings (SSSR count). The van der Waals surface area contributed by atoms with Gasteiger partial charge in [-0.3, -0.25) is 4.79 Å². The molecular formula is C12H20N2O2. The highest BCUT2D eigenvalue weighted by Crippen LogP contribution is 2.23. The number of carbonyl (C=O) groups is 1. The summed E-state index contributed by atoms with van der Waals surface area (Å²) in [6.45, 7) is 3.42. The Labute approximate surface area is 97.0 Å². The lowest BCUT2D eigenvalue weighted by Crippen LogP contribution is -2.35. The summed E-state index contributed by atoms with van der Waals surface area (Å²) in [4.78, 5) is 11.8. The molecule has 0 radical (unpaired) electrons. The van der Waals surface area contributed by atoms with E-state index in [4.69, 9.17) is 10.00 Å². The Morgan fingerprint density at radius 2 is 2.38 bits per heavy atom. The number of amides is 1. The van der Waals surface area contributed by atoms with Crippen molar-refractivity contribution in [1.82, 2.24) is 5.32 Å². The lowest BCUT2D eigenvalue weighted by molar-refractivity contribution is -0.126. The minimum Gasteiger partial charge on any atom is -0.377 e. The van der Waals surface area contributed by atoms with Crippen LogP contribution in [-0.4, -0.2) is 25.2 Å². The Bertz CT molecular complexity index is 260. The van der Waals surface area contributed by atoms with Crippen molar-refractivity contribution in [1.29, 1.82) is 5.26 Å². The topological polar surface area (TPSA) is 62.1 Å². The first kappa shape index (κ1) is 13.0. The summed E-state index contributed by atoms with van der Waals surface area (Å²) in [7, 11) is 0. The fourth-order valence-electron chi connectivity index (χ4n) is 2.02. The van der Waals surface area contributed by atoms with Gasteiger partial charge in [0, 0.05) is 19.6 Å². The molecule has 1 N–H and O–H groups in total. The quantitative estimate of drug-likeness (QED) is 0.697. The highest BCUT2D eigenvalue weighted by atomic mass is 16.5. The van der Waals surface area contributed by atoms with Crippen molar-refractivity contribution in [3.8, 4) is 6.07 Å². The van der Waals surface area contributed by atoms with Crippen molar-refractivity contribution in [2.24, 2.45) is 5.92 Å². The molecule has 1 heterocycles. The lowest BCUT2D eigenvalue weighted by atomic mass is 9.99. The van der Waals surface area contributed by atoms with E-state index in [1.807, 2.05) is 6.92 Å². The zero-order chi connectivity index (χ0) is 11.8. The number of ether oxygens (including phenoxy) is 1. The molecule has 0 aliphatic carbocycles. The predicted octanol–water partition coefficient (Wildman–Crippen LogP) is 1.61. The van der Waals surface area contributed by atoms with Crippen LogP contribution in [0.1, 0.15) is 39.0 Å². The van der Waals surface area contributed by atoms with Gasteiger partial charge in [-0.15, -0.1) is 0 Å². The van der Waals surface area contributed by atoms with E-state index in [1.54, 1.807) is 0 Å². The molecule has 2 unspecified atom stereocenters. The van der Waals surface area contributed by atoms with Gasteiger partial charge in [0.2, 0.25) is 5.91 Å². The molecule has 2 atom stereocenters. The smallest absolute Gasteiger partial charge is 0.225 e. The summed E-state index contributed by atoms with van der Waals surface area (Å²) in [5.74, 6) is 0.141. The second kappa shape index (κ2) is 7.24. The van der Waals surface area contributed by atoms with Gasteiger partial charge in [-0.25, -0.2) is 0 Å². The zero-order valence-corrected chi connectivity index (χ0v) is 9.87. The van der Waals surface area contributed by atoms with Gasteiger partial charge in [0.15, 0.2) is 0 Å². The maximum Gasteiger partial charge on any atom is 0.225 e. The van der Waals surface area contributed by atoms with Gasteiger partial charge in [-0.05, 0) is 25.7 Å². The highest BCUT2D eigenvalue weighted by Gasteiger charge is 2.32. The lowest BCUT2D eigenvalue weighted by Gasteiger charge is -2.16. The SMILES string of the molecule is CCC1OCCC1C(=O)NCCCCC#N. The van der Waals surface area contributed by atoms with Crippen molar-refractivity contribution in [3.63, 3.8) is 0 Å². The molecule has 1 amide bonds. The van der Waals surface area contributed by atoms with Crippen molar-refractivity contribution >= 4 is 5.91 Å². The van der Waals surface area contributed by atoms with Crippen LogP contribution in [-0.2, 0) is 9.53 Å². The van der Waals surface area contributed by atoms with Crippen LogP contribution < -0.4 is 5.32 Å². The molecule has 4 heteroatoms. The number of nitrogens with zero attached hydrogens (tertiary/aromatic N) is 1. The first-order chi connectivity index (χ1) is 7.79. The first-order valence-corrected chi connectivity index (χ1v) is 6.05. The number of unbranched alkanes of at least 4 members (excludes halogenated alkanes) is 2. The highest BCUT2D eigenvalue weighted by molar-refractivity contribution is 5.79. The van der Waals surface area contributed by atoms with Crippen molar-refractivity contribution in [3.05, 3.63) is 0 Å². The van der Waals surface area contributed by atoms with E-state index in [0.29, 0.717) is 19.6 Å². The summed E-state index contributed by atoms with van der Waals surface area (Å²) in [5, 5.41) is 11.3. The van der Waals surface area contributed by atoms with Crippen molar-refractivity contribution in [2.45, 2.75) is 45.1 Å². The fraction of sp³-hybridized carbons (Fsp3) is 0.833. The van der Waals surface area contributed by atoms with E-state index in [1.165, 1.54) is 0 Å². The molecule has 4 nitrogen and oxygen atoms in total. The number of rotatable bonds is 6. The standard InChI is InChI=1S/C12H20N2O2/c1-2-11-10(6-9-16-11)12(15)14-8-5-3-4-7-13/h10-11H,2-6,8-9H2,1H3,(H,14,15). The molecule has 1 fully saturated rings. The van der Waals surface area contributed by atoms with Crippen molar-refractivity contribution in [2.75, 3.05) is 13.2 Å². The third-order valence-electron chi connectivity index (χ3n) is 2.96. The molecule has 16 heavy (non-hydrogen) atoms. The van der Waals surface area contributed by atoms with Crippen LogP contribution in [0.15, 0.2) is 0 Å². The molecule has 1 aliphatic rings. The second-order valence-corrected chi connectivity index (χ2v) is 4.12. The second-order valence-electron chi connectivity index (χ2n) is 4.12. The molecule has 0 aromatic heterocycles. The molecule has 0 aromatic carbocycles. The van der Waals surface area contributed by atoms with Gasteiger partial charge in [-0.1, -0.05) is 6.92 Å². The van der Waals surface area contributed by atoms with Crippen LogP contribution >= 0.6 is 0 Å². The van der Waals surface area contributed by atoms with E-state index >= 15 is 0 Å². The fourth-order valence-corrected chi connectivity index (χ4v) is 2.02. The minimum absolute atomic E-state index is 0.0287. The van der Waals surface area contributed by atoms with Crippen LogP contribution in [0.2, 0.25) is 0 Å². The Hall–Kier alpha value is -1.08. The summed E-state index contributed by atoms with van der Waals surface area (Å²) in [6, 6.07) is 2.09. The predicted molar refractivity (Wildman–Crippen MR) is 60.6 cm³/mol. The number of nitriles is 1. The summed E-state index contributed by atoms with van der Waals surface area (Å²) in [6.07, 6.45) is 4.13. The Morgan fingerprint density at radius 1 is 1.56 bits per heavy atom. The van der Waals surface area contributed by atoms with E-state index in [2.05, 4.69) is 11.4 Å². The molecule has 0 bridgehead atoms. The van der Waals surface area contributed by atoms with Crippen LogP contribution in [0.3, 0.4) is 0 Å². The number of nitrogens with one attached hydrogen (secondary N) is 1. The minimum atomic E-state index is 0.0287. The van der Waals surface area contributed by atoms with Crippen LogP contribution in [0.5, 0.6) is 0 Å². The van der Waals surface area contributed by atoms with Gasteiger partial charge >= 0.3 is 0 Å². The molecule has 1 saturated heterocycles. The first-order valence-electron chi connectivity index (χ1n) is 6.05. The van der Waals surface area contributed by atoms with E-state index < -0.39 is 0 Å². The van der Waals surface area contributed by atoms with E-state index in [-0.39, 0.29) is 17.9 Å².